The largest absolute Gasteiger partial charge is 0.329 e. The number of nitrogens with zero attached hydrogens (tertiary/aromatic N) is 1. The third kappa shape index (κ3) is 4.55. The molecule has 0 radical (unpaired) electrons. The third-order valence-electron chi connectivity index (χ3n) is 4.74. The predicted molar refractivity (Wildman–Crippen MR) is 91.4 cm³/mol. The normalized spacial score (nSPS) is 22.2. The molecule has 1 aliphatic heterocycles. The zero-order chi connectivity index (χ0) is 15.2. The van der Waals surface area contributed by atoms with Gasteiger partial charge in [-0.2, -0.15) is 0 Å². The number of likely N-dealkylation sites (tertiary alicyclic amines) is 1. The van der Waals surface area contributed by atoms with Crippen molar-refractivity contribution in [2.75, 3.05) is 13.1 Å². The summed E-state index contributed by atoms with van der Waals surface area (Å²) in [5.74, 6) is 0.715. The van der Waals surface area contributed by atoms with Crippen molar-refractivity contribution in [3.63, 3.8) is 0 Å². The zero-order valence-corrected chi connectivity index (χ0v) is 14.0. The van der Waals surface area contributed by atoms with Gasteiger partial charge in [0.1, 0.15) is 0 Å². The van der Waals surface area contributed by atoms with Gasteiger partial charge in [0.2, 0.25) is 0 Å². The summed E-state index contributed by atoms with van der Waals surface area (Å²) in [4.78, 5) is 2.63. The third-order valence-corrected chi connectivity index (χ3v) is 4.74. The van der Waals surface area contributed by atoms with Crippen LogP contribution in [0.25, 0.3) is 0 Å². The Kier molecular flexibility index (Phi) is 6.25. The van der Waals surface area contributed by atoms with Gasteiger partial charge in [0.15, 0.2) is 0 Å². The van der Waals surface area contributed by atoms with Crippen molar-refractivity contribution in [2.45, 2.75) is 65.0 Å². The number of hydrogen-bond donors (Lipinski definition) is 1. The van der Waals surface area contributed by atoms with Crippen LogP contribution < -0.4 is 5.73 Å². The van der Waals surface area contributed by atoms with E-state index in [1.54, 1.807) is 0 Å². The zero-order valence-electron chi connectivity index (χ0n) is 14.0. The van der Waals surface area contributed by atoms with E-state index in [9.17, 15) is 0 Å². The van der Waals surface area contributed by atoms with E-state index in [1.165, 1.54) is 43.4 Å². The fourth-order valence-electron chi connectivity index (χ4n) is 3.57. The van der Waals surface area contributed by atoms with Crippen LogP contribution in [0.3, 0.4) is 0 Å². The van der Waals surface area contributed by atoms with Gasteiger partial charge >= 0.3 is 0 Å². The minimum atomic E-state index is 0.381. The second kappa shape index (κ2) is 7.95. The molecule has 2 unspecified atom stereocenters. The lowest BCUT2D eigenvalue weighted by Gasteiger charge is -2.35. The van der Waals surface area contributed by atoms with Gasteiger partial charge < -0.3 is 5.73 Å². The number of rotatable bonds is 5. The standard InChI is InChI=1S/C19H32N2/c1-15(2)13-17-8-10-18(11-9-17)19(14-20)21-12-6-4-5-7-16(21)3/h8-11,15-16,19H,4-7,12-14,20H2,1-3H3. The molecule has 118 valence electrons. The Hall–Kier alpha value is -0.860. The summed E-state index contributed by atoms with van der Waals surface area (Å²) in [6.07, 6.45) is 6.51. The summed E-state index contributed by atoms with van der Waals surface area (Å²) in [7, 11) is 0. The van der Waals surface area contributed by atoms with Crippen LogP contribution in [-0.4, -0.2) is 24.0 Å². The van der Waals surface area contributed by atoms with Crippen molar-refractivity contribution in [1.29, 1.82) is 0 Å². The lowest BCUT2D eigenvalue weighted by Crippen LogP contribution is -2.39. The van der Waals surface area contributed by atoms with Crippen LogP contribution in [0.2, 0.25) is 0 Å². The van der Waals surface area contributed by atoms with Gasteiger partial charge in [0.05, 0.1) is 0 Å². The van der Waals surface area contributed by atoms with Crippen LogP contribution in [-0.2, 0) is 6.42 Å². The molecule has 0 aliphatic carbocycles. The van der Waals surface area contributed by atoms with Crippen LogP contribution >= 0.6 is 0 Å². The molecule has 0 bridgehead atoms. The highest BCUT2D eigenvalue weighted by molar-refractivity contribution is 5.26. The molecule has 2 atom stereocenters. The van der Waals surface area contributed by atoms with Crippen LogP contribution in [0.15, 0.2) is 24.3 Å². The summed E-state index contributed by atoms with van der Waals surface area (Å²) in [6.45, 7) is 8.82. The molecule has 2 N–H and O–H groups in total. The van der Waals surface area contributed by atoms with Crippen molar-refractivity contribution in [3.8, 4) is 0 Å². The highest BCUT2D eigenvalue weighted by Gasteiger charge is 2.25. The van der Waals surface area contributed by atoms with Crippen molar-refractivity contribution in [2.24, 2.45) is 11.7 Å². The van der Waals surface area contributed by atoms with E-state index in [1.807, 2.05) is 0 Å². The van der Waals surface area contributed by atoms with Crippen LogP contribution in [0, 0.1) is 5.92 Å². The second-order valence-electron chi connectivity index (χ2n) is 7.03. The summed E-state index contributed by atoms with van der Waals surface area (Å²) >= 11 is 0. The number of nitrogens with two attached hydrogens (primary N) is 1. The molecule has 2 nitrogen and oxygen atoms in total. The molecule has 1 aromatic rings. The summed E-state index contributed by atoms with van der Waals surface area (Å²) in [5.41, 5.74) is 8.95. The van der Waals surface area contributed by atoms with Gasteiger partial charge in [-0.1, -0.05) is 51.0 Å². The Morgan fingerprint density at radius 2 is 1.86 bits per heavy atom. The monoisotopic (exact) mass is 288 g/mol. The van der Waals surface area contributed by atoms with E-state index in [-0.39, 0.29) is 0 Å². The van der Waals surface area contributed by atoms with E-state index in [0.29, 0.717) is 24.5 Å². The van der Waals surface area contributed by atoms with E-state index in [4.69, 9.17) is 5.73 Å². The van der Waals surface area contributed by atoms with E-state index >= 15 is 0 Å². The van der Waals surface area contributed by atoms with Crippen molar-refractivity contribution in [1.82, 2.24) is 4.90 Å². The topological polar surface area (TPSA) is 29.3 Å². The maximum atomic E-state index is 6.13. The Morgan fingerprint density at radius 3 is 2.48 bits per heavy atom. The first-order valence-corrected chi connectivity index (χ1v) is 8.66. The molecule has 0 aromatic heterocycles. The fourth-order valence-corrected chi connectivity index (χ4v) is 3.57. The first-order chi connectivity index (χ1) is 10.1. The second-order valence-corrected chi connectivity index (χ2v) is 7.03. The maximum absolute atomic E-state index is 6.13. The minimum Gasteiger partial charge on any atom is -0.329 e. The lowest BCUT2D eigenvalue weighted by atomic mass is 9.98. The molecule has 1 saturated heterocycles. The summed E-state index contributed by atoms with van der Waals surface area (Å²) in [5, 5.41) is 0. The SMILES string of the molecule is CC(C)Cc1ccc(C(CN)N2CCCCCC2C)cc1. The van der Waals surface area contributed by atoms with E-state index < -0.39 is 0 Å². The number of hydrogen-bond acceptors (Lipinski definition) is 2. The predicted octanol–water partition coefficient (Wildman–Crippen LogP) is 4.15. The van der Waals surface area contributed by atoms with Crippen molar-refractivity contribution < 1.29 is 0 Å². The molecule has 1 heterocycles. The Bertz CT molecular complexity index is 410. The molecule has 1 aromatic carbocycles. The molecule has 0 amide bonds. The highest BCUT2D eigenvalue weighted by atomic mass is 15.2. The Balaban J connectivity index is 2.12. The average molecular weight is 288 g/mol. The molecule has 2 rings (SSSR count). The van der Waals surface area contributed by atoms with Gasteiger partial charge in [-0.05, 0) is 49.8 Å². The maximum Gasteiger partial charge on any atom is 0.0473 e. The first-order valence-electron chi connectivity index (χ1n) is 8.66. The van der Waals surface area contributed by atoms with Crippen LogP contribution in [0.1, 0.15) is 63.6 Å². The molecule has 1 fully saturated rings. The summed E-state index contributed by atoms with van der Waals surface area (Å²) < 4.78 is 0. The Labute approximate surface area is 130 Å². The van der Waals surface area contributed by atoms with Crippen molar-refractivity contribution in [3.05, 3.63) is 35.4 Å². The molecule has 1 aliphatic rings. The van der Waals surface area contributed by atoms with Gasteiger partial charge in [-0.3, -0.25) is 4.90 Å². The van der Waals surface area contributed by atoms with Crippen molar-refractivity contribution >= 4 is 0 Å². The highest BCUT2D eigenvalue weighted by Crippen LogP contribution is 2.27. The quantitative estimate of drug-likeness (QED) is 0.882. The first kappa shape index (κ1) is 16.5. The van der Waals surface area contributed by atoms with Gasteiger partial charge in [-0.25, -0.2) is 0 Å². The molecule has 0 saturated carbocycles. The molecule has 0 spiro atoms. The van der Waals surface area contributed by atoms with Crippen LogP contribution in [0.4, 0.5) is 0 Å². The summed E-state index contributed by atoms with van der Waals surface area (Å²) in [6, 6.07) is 10.2. The fraction of sp³-hybridized carbons (Fsp3) is 0.684. The molecule has 2 heteroatoms. The van der Waals surface area contributed by atoms with Gasteiger partial charge in [0.25, 0.3) is 0 Å². The minimum absolute atomic E-state index is 0.381. The number of benzene rings is 1. The van der Waals surface area contributed by atoms with Gasteiger partial charge in [0, 0.05) is 18.6 Å². The molecule has 21 heavy (non-hydrogen) atoms. The average Bonchev–Trinajstić information content (AvgIpc) is 2.66. The molecular weight excluding hydrogens is 256 g/mol. The van der Waals surface area contributed by atoms with E-state index in [0.717, 1.165) is 6.42 Å². The van der Waals surface area contributed by atoms with E-state index in [2.05, 4.69) is 49.9 Å². The van der Waals surface area contributed by atoms with Crippen LogP contribution in [0.5, 0.6) is 0 Å². The lowest BCUT2D eigenvalue weighted by molar-refractivity contribution is 0.151. The smallest absolute Gasteiger partial charge is 0.0473 e. The molecular formula is C19H32N2. The van der Waals surface area contributed by atoms with Gasteiger partial charge in [-0.15, -0.1) is 0 Å². The Morgan fingerprint density at radius 1 is 1.14 bits per heavy atom.